The first kappa shape index (κ1) is 10.3. The highest BCUT2D eigenvalue weighted by molar-refractivity contribution is 5.67. The fraction of sp³-hybridized carbons (Fsp3) is 0.889. The molecule has 4 nitrogen and oxygen atoms in total. The molecule has 2 atom stereocenters. The zero-order chi connectivity index (χ0) is 9.84. The van der Waals surface area contributed by atoms with Crippen molar-refractivity contribution in [2.45, 2.75) is 45.4 Å². The lowest BCUT2D eigenvalue weighted by Crippen LogP contribution is -2.40. The SMILES string of the molecule is CC(C)OC(=O)NC1CCOC1C. The predicted molar refractivity (Wildman–Crippen MR) is 48.6 cm³/mol. The molecule has 0 aromatic carbocycles. The molecule has 1 saturated heterocycles. The zero-order valence-electron chi connectivity index (χ0n) is 8.37. The van der Waals surface area contributed by atoms with Crippen LogP contribution in [0.1, 0.15) is 27.2 Å². The lowest BCUT2D eigenvalue weighted by molar-refractivity contribution is 0.0936. The summed E-state index contributed by atoms with van der Waals surface area (Å²) in [7, 11) is 0. The van der Waals surface area contributed by atoms with Crippen molar-refractivity contribution >= 4 is 6.09 Å². The monoisotopic (exact) mass is 187 g/mol. The van der Waals surface area contributed by atoms with E-state index in [-0.39, 0.29) is 24.3 Å². The van der Waals surface area contributed by atoms with Crippen LogP contribution in [0, 0.1) is 0 Å². The Bertz CT molecular complexity index is 182. The zero-order valence-corrected chi connectivity index (χ0v) is 8.37. The molecule has 0 saturated carbocycles. The molecule has 13 heavy (non-hydrogen) atoms. The van der Waals surface area contributed by atoms with E-state index in [1.807, 2.05) is 20.8 Å². The highest BCUT2D eigenvalue weighted by Gasteiger charge is 2.26. The molecule has 0 aromatic heterocycles. The molecule has 0 aliphatic carbocycles. The molecule has 1 fully saturated rings. The van der Waals surface area contributed by atoms with Crippen LogP contribution in [0.25, 0.3) is 0 Å². The van der Waals surface area contributed by atoms with Crippen LogP contribution < -0.4 is 5.32 Å². The third-order valence-corrected chi connectivity index (χ3v) is 2.02. The van der Waals surface area contributed by atoms with Crippen LogP contribution in [-0.4, -0.2) is 30.9 Å². The maximum absolute atomic E-state index is 11.2. The largest absolute Gasteiger partial charge is 0.447 e. The number of hydrogen-bond donors (Lipinski definition) is 1. The Hall–Kier alpha value is -0.770. The second-order valence-electron chi connectivity index (χ2n) is 3.57. The van der Waals surface area contributed by atoms with Gasteiger partial charge in [-0.1, -0.05) is 0 Å². The smallest absolute Gasteiger partial charge is 0.407 e. The van der Waals surface area contributed by atoms with E-state index in [9.17, 15) is 4.79 Å². The molecule has 4 heteroatoms. The van der Waals surface area contributed by atoms with E-state index in [1.165, 1.54) is 0 Å². The topological polar surface area (TPSA) is 47.6 Å². The van der Waals surface area contributed by atoms with Crippen molar-refractivity contribution in [3.05, 3.63) is 0 Å². The van der Waals surface area contributed by atoms with E-state index in [4.69, 9.17) is 9.47 Å². The van der Waals surface area contributed by atoms with Crippen molar-refractivity contribution in [2.75, 3.05) is 6.61 Å². The summed E-state index contributed by atoms with van der Waals surface area (Å²) in [6.07, 6.45) is 0.545. The van der Waals surface area contributed by atoms with Crippen LogP contribution >= 0.6 is 0 Å². The molecule has 1 amide bonds. The summed E-state index contributed by atoms with van der Waals surface area (Å²) in [5.74, 6) is 0. The van der Waals surface area contributed by atoms with E-state index in [0.29, 0.717) is 6.61 Å². The van der Waals surface area contributed by atoms with Crippen LogP contribution in [0.15, 0.2) is 0 Å². The number of carbonyl (C=O) groups is 1. The van der Waals surface area contributed by atoms with Gasteiger partial charge in [0.25, 0.3) is 0 Å². The Kier molecular flexibility index (Phi) is 3.54. The summed E-state index contributed by atoms with van der Waals surface area (Å²) in [6.45, 7) is 6.32. The molecular weight excluding hydrogens is 170 g/mol. The van der Waals surface area contributed by atoms with Crippen molar-refractivity contribution in [1.82, 2.24) is 5.32 Å². The number of ether oxygens (including phenoxy) is 2. The summed E-state index contributed by atoms with van der Waals surface area (Å²) >= 11 is 0. The third-order valence-electron chi connectivity index (χ3n) is 2.02. The number of hydrogen-bond acceptors (Lipinski definition) is 3. The van der Waals surface area contributed by atoms with E-state index in [0.717, 1.165) is 6.42 Å². The quantitative estimate of drug-likeness (QED) is 0.708. The van der Waals surface area contributed by atoms with Crippen LogP contribution in [0.2, 0.25) is 0 Å². The minimum absolute atomic E-state index is 0.0716. The van der Waals surface area contributed by atoms with Crippen LogP contribution in [0.4, 0.5) is 4.79 Å². The van der Waals surface area contributed by atoms with Crippen molar-refractivity contribution < 1.29 is 14.3 Å². The van der Waals surface area contributed by atoms with Gasteiger partial charge < -0.3 is 14.8 Å². The molecule has 0 bridgehead atoms. The Morgan fingerprint density at radius 1 is 1.62 bits per heavy atom. The van der Waals surface area contributed by atoms with E-state index in [1.54, 1.807) is 0 Å². The average Bonchev–Trinajstić information content (AvgIpc) is 2.34. The Balaban J connectivity index is 2.27. The summed E-state index contributed by atoms with van der Waals surface area (Å²) in [5.41, 5.74) is 0. The first-order valence-corrected chi connectivity index (χ1v) is 4.68. The van der Waals surface area contributed by atoms with Gasteiger partial charge in [-0.15, -0.1) is 0 Å². The summed E-state index contributed by atoms with van der Waals surface area (Å²) in [6, 6.07) is 0.103. The van der Waals surface area contributed by atoms with E-state index in [2.05, 4.69) is 5.32 Å². The molecule has 1 aliphatic heterocycles. The Morgan fingerprint density at radius 3 is 2.77 bits per heavy atom. The lowest BCUT2D eigenvalue weighted by atomic mass is 10.2. The maximum Gasteiger partial charge on any atom is 0.407 e. The van der Waals surface area contributed by atoms with Crippen LogP contribution in [0.3, 0.4) is 0 Å². The van der Waals surface area contributed by atoms with Gasteiger partial charge in [0.05, 0.1) is 18.2 Å². The minimum Gasteiger partial charge on any atom is -0.447 e. The van der Waals surface area contributed by atoms with Crippen molar-refractivity contribution in [1.29, 1.82) is 0 Å². The standard InChI is InChI=1S/C9H17NO3/c1-6(2)13-9(11)10-8-4-5-12-7(8)3/h6-8H,4-5H2,1-3H3,(H,10,11). The number of alkyl carbamates (subject to hydrolysis) is 1. The molecule has 0 aromatic rings. The number of amides is 1. The normalized spacial score (nSPS) is 27.7. The van der Waals surface area contributed by atoms with Crippen molar-refractivity contribution in [2.24, 2.45) is 0 Å². The predicted octanol–water partition coefficient (Wildman–Crippen LogP) is 1.30. The molecule has 1 aliphatic rings. The van der Waals surface area contributed by atoms with Gasteiger partial charge in [-0.2, -0.15) is 0 Å². The molecule has 1 rings (SSSR count). The van der Waals surface area contributed by atoms with Gasteiger partial charge in [-0.25, -0.2) is 4.79 Å². The van der Waals surface area contributed by atoms with Gasteiger partial charge in [0.15, 0.2) is 0 Å². The van der Waals surface area contributed by atoms with E-state index >= 15 is 0 Å². The Morgan fingerprint density at radius 2 is 2.31 bits per heavy atom. The van der Waals surface area contributed by atoms with Crippen molar-refractivity contribution in [3.63, 3.8) is 0 Å². The van der Waals surface area contributed by atoms with Gasteiger partial charge in [-0.3, -0.25) is 0 Å². The number of carbonyl (C=O) groups excluding carboxylic acids is 1. The summed E-state index contributed by atoms with van der Waals surface area (Å²) < 4.78 is 10.3. The second kappa shape index (κ2) is 4.46. The minimum atomic E-state index is -0.350. The van der Waals surface area contributed by atoms with Gasteiger partial charge in [0.2, 0.25) is 0 Å². The highest BCUT2D eigenvalue weighted by atomic mass is 16.6. The Labute approximate surface area is 78.6 Å². The summed E-state index contributed by atoms with van der Waals surface area (Å²) in [4.78, 5) is 11.2. The fourth-order valence-electron chi connectivity index (χ4n) is 1.32. The molecule has 2 unspecified atom stereocenters. The highest BCUT2D eigenvalue weighted by Crippen LogP contribution is 2.12. The lowest BCUT2D eigenvalue weighted by Gasteiger charge is -2.16. The van der Waals surface area contributed by atoms with Gasteiger partial charge >= 0.3 is 6.09 Å². The first-order valence-electron chi connectivity index (χ1n) is 4.68. The number of rotatable bonds is 2. The maximum atomic E-state index is 11.2. The third kappa shape index (κ3) is 3.22. The fourth-order valence-corrected chi connectivity index (χ4v) is 1.32. The van der Waals surface area contributed by atoms with Crippen LogP contribution in [-0.2, 0) is 9.47 Å². The molecule has 0 radical (unpaired) electrons. The van der Waals surface area contributed by atoms with E-state index < -0.39 is 0 Å². The molecular formula is C9H17NO3. The van der Waals surface area contributed by atoms with Gasteiger partial charge in [-0.05, 0) is 27.2 Å². The molecule has 1 heterocycles. The van der Waals surface area contributed by atoms with Crippen molar-refractivity contribution in [3.8, 4) is 0 Å². The molecule has 76 valence electrons. The molecule has 0 spiro atoms. The first-order chi connectivity index (χ1) is 6.09. The van der Waals surface area contributed by atoms with Gasteiger partial charge in [0, 0.05) is 6.61 Å². The number of nitrogens with one attached hydrogen (secondary N) is 1. The van der Waals surface area contributed by atoms with Crippen LogP contribution in [0.5, 0.6) is 0 Å². The second-order valence-corrected chi connectivity index (χ2v) is 3.57. The molecule has 1 N–H and O–H groups in total. The summed E-state index contributed by atoms with van der Waals surface area (Å²) in [5, 5.41) is 2.77. The van der Waals surface area contributed by atoms with Gasteiger partial charge in [0.1, 0.15) is 0 Å². The average molecular weight is 187 g/mol.